The van der Waals surface area contributed by atoms with Crippen LogP contribution in [-0.2, 0) is 4.79 Å². The number of hydrogen-bond donors (Lipinski definition) is 2. The number of hydrogen-bond acceptors (Lipinski definition) is 5. The predicted molar refractivity (Wildman–Crippen MR) is 88.6 cm³/mol. The molecule has 0 spiro atoms. The third kappa shape index (κ3) is 5.10. The molecule has 0 radical (unpaired) electrons. The van der Waals surface area contributed by atoms with E-state index in [9.17, 15) is 9.90 Å². The highest BCUT2D eigenvalue weighted by molar-refractivity contribution is 6.02. The summed E-state index contributed by atoms with van der Waals surface area (Å²) in [6.07, 6.45) is -1.22. The number of carbonyl (C=O) groups is 2. The van der Waals surface area contributed by atoms with Crippen molar-refractivity contribution in [3.05, 3.63) is 59.7 Å². The number of carbonyl (C=O) groups excluding carboxylic acids is 1. The highest BCUT2D eigenvalue weighted by Crippen LogP contribution is 2.33. The van der Waals surface area contributed by atoms with Gasteiger partial charge in [0, 0.05) is 6.92 Å². The van der Waals surface area contributed by atoms with E-state index in [2.05, 4.69) is 0 Å². The van der Waals surface area contributed by atoms with E-state index >= 15 is 0 Å². The summed E-state index contributed by atoms with van der Waals surface area (Å²) in [5, 5.41) is 17.6. The van der Waals surface area contributed by atoms with Gasteiger partial charge in [-0.15, -0.1) is 0 Å². The molecule has 24 heavy (non-hydrogen) atoms. The predicted octanol–water partition coefficient (Wildman–Crippen LogP) is 2.71. The number of aliphatic hydroxyl groups is 1. The van der Waals surface area contributed by atoms with E-state index < -0.39 is 17.9 Å². The van der Waals surface area contributed by atoms with Crippen LogP contribution in [0, 0.1) is 0 Å². The maximum Gasteiger partial charge on any atom is 0.300 e. The summed E-state index contributed by atoms with van der Waals surface area (Å²) >= 11 is 0. The minimum Gasteiger partial charge on any atom is -0.493 e. The third-order valence-electron chi connectivity index (χ3n) is 3.03. The van der Waals surface area contributed by atoms with Crippen LogP contribution in [-0.4, -0.2) is 36.2 Å². The fourth-order valence-corrected chi connectivity index (χ4v) is 2.02. The molecule has 0 saturated carbocycles. The van der Waals surface area contributed by atoms with E-state index in [0.29, 0.717) is 22.6 Å². The van der Waals surface area contributed by atoms with Crippen molar-refractivity contribution in [2.75, 3.05) is 14.2 Å². The van der Waals surface area contributed by atoms with Crippen LogP contribution in [0.3, 0.4) is 0 Å². The molecule has 128 valence electrons. The number of aliphatic hydroxyl groups excluding tert-OH is 1. The maximum absolute atomic E-state index is 12.4. The fraction of sp³-hybridized carbons (Fsp3) is 0.222. The molecule has 0 heterocycles. The van der Waals surface area contributed by atoms with E-state index in [1.807, 2.05) is 6.07 Å². The quantitative estimate of drug-likeness (QED) is 0.818. The van der Waals surface area contributed by atoms with Crippen LogP contribution in [0.2, 0.25) is 0 Å². The Morgan fingerprint density at radius 2 is 1.54 bits per heavy atom. The Hall–Kier alpha value is -2.86. The number of methoxy groups -OCH3 is 2. The van der Waals surface area contributed by atoms with E-state index in [1.165, 1.54) is 14.2 Å². The van der Waals surface area contributed by atoms with Crippen molar-refractivity contribution >= 4 is 11.8 Å². The van der Waals surface area contributed by atoms with E-state index in [0.717, 1.165) is 6.92 Å². The Kier molecular flexibility index (Phi) is 7.45. The second kappa shape index (κ2) is 9.32. The molecule has 0 saturated heterocycles. The lowest BCUT2D eigenvalue weighted by molar-refractivity contribution is -0.134. The SMILES string of the molecule is CC(=O)O.COc1cccc(C(=O)C(O)c2ccccc2)c1OC. The number of benzene rings is 2. The molecular weight excluding hydrogens is 312 g/mol. The molecule has 6 nitrogen and oxygen atoms in total. The highest BCUT2D eigenvalue weighted by Gasteiger charge is 2.24. The monoisotopic (exact) mass is 332 g/mol. The van der Waals surface area contributed by atoms with Crippen molar-refractivity contribution in [2.24, 2.45) is 0 Å². The fourth-order valence-electron chi connectivity index (χ4n) is 2.02. The molecule has 2 aromatic carbocycles. The van der Waals surface area contributed by atoms with Gasteiger partial charge in [0.25, 0.3) is 5.97 Å². The third-order valence-corrected chi connectivity index (χ3v) is 3.03. The van der Waals surface area contributed by atoms with E-state index in [4.69, 9.17) is 19.4 Å². The lowest BCUT2D eigenvalue weighted by Gasteiger charge is -2.14. The van der Waals surface area contributed by atoms with Gasteiger partial charge in [0.2, 0.25) is 0 Å². The van der Waals surface area contributed by atoms with E-state index in [-0.39, 0.29) is 0 Å². The van der Waals surface area contributed by atoms with Crippen molar-refractivity contribution in [2.45, 2.75) is 13.0 Å². The normalized spacial score (nSPS) is 10.8. The van der Waals surface area contributed by atoms with Gasteiger partial charge in [-0.2, -0.15) is 0 Å². The molecule has 2 aromatic rings. The van der Waals surface area contributed by atoms with Gasteiger partial charge in [-0.3, -0.25) is 9.59 Å². The number of ether oxygens (including phenoxy) is 2. The molecule has 0 bridgehead atoms. The molecule has 1 unspecified atom stereocenters. The summed E-state index contributed by atoms with van der Waals surface area (Å²) in [6.45, 7) is 1.08. The second-order valence-electron chi connectivity index (χ2n) is 4.74. The van der Waals surface area contributed by atoms with Crippen molar-refractivity contribution < 1.29 is 29.3 Å². The Balaban J connectivity index is 0.000000648. The Bertz CT molecular complexity index is 677. The molecule has 0 aromatic heterocycles. The molecule has 0 fully saturated rings. The second-order valence-corrected chi connectivity index (χ2v) is 4.74. The largest absolute Gasteiger partial charge is 0.493 e. The molecule has 0 amide bonds. The van der Waals surface area contributed by atoms with Crippen LogP contribution >= 0.6 is 0 Å². The van der Waals surface area contributed by atoms with Crippen LogP contribution in [0.5, 0.6) is 11.5 Å². The molecule has 0 aliphatic heterocycles. The zero-order chi connectivity index (χ0) is 18.1. The first-order valence-corrected chi connectivity index (χ1v) is 7.10. The molecular formula is C18H20O6. The molecule has 1 atom stereocenters. The number of para-hydroxylation sites is 1. The Labute approximate surface area is 140 Å². The summed E-state index contributed by atoms with van der Waals surface area (Å²) in [5.41, 5.74) is 0.838. The first kappa shape index (κ1) is 19.2. The topological polar surface area (TPSA) is 93.1 Å². The molecule has 0 aliphatic rings. The van der Waals surface area contributed by atoms with Crippen LogP contribution in [0.25, 0.3) is 0 Å². The van der Waals surface area contributed by atoms with Crippen LogP contribution < -0.4 is 9.47 Å². The molecule has 2 rings (SSSR count). The lowest BCUT2D eigenvalue weighted by Crippen LogP contribution is -2.13. The number of carboxylic acids is 1. The number of rotatable bonds is 5. The van der Waals surface area contributed by atoms with Gasteiger partial charge in [-0.25, -0.2) is 0 Å². The summed E-state index contributed by atoms with van der Waals surface area (Å²) in [5.74, 6) is -0.472. The Morgan fingerprint density at radius 3 is 2.04 bits per heavy atom. The van der Waals surface area contributed by atoms with Crippen LogP contribution in [0.4, 0.5) is 0 Å². The average Bonchev–Trinajstić information content (AvgIpc) is 2.59. The molecule has 0 aliphatic carbocycles. The zero-order valence-corrected chi connectivity index (χ0v) is 13.7. The van der Waals surface area contributed by atoms with Crippen LogP contribution in [0.15, 0.2) is 48.5 Å². The molecule has 6 heteroatoms. The summed E-state index contributed by atoms with van der Waals surface area (Å²) < 4.78 is 10.4. The van der Waals surface area contributed by atoms with Crippen LogP contribution in [0.1, 0.15) is 28.9 Å². The van der Waals surface area contributed by atoms with E-state index in [1.54, 1.807) is 42.5 Å². The summed E-state index contributed by atoms with van der Waals surface area (Å²) in [7, 11) is 2.96. The van der Waals surface area contributed by atoms with Crippen molar-refractivity contribution in [3.63, 3.8) is 0 Å². The standard InChI is InChI=1S/C16H16O4.C2H4O2/c1-19-13-10-6-9-12(16(13)20-2)15(18)14(17)11-7-4-3-5-8-11;1-2(3)4/h3-10,14,17H,1-2H3;1H3,(H,3,4). The maximum atomic E-state index is 12.4. The van der Waals surface area contributed by atoms with Gasteiger partial charge in [0.15, 0.2) is 17.3 Å². The first-order chi connectivity index (χ1) is 11.4. The average molecular weight is 332 g/mol. The minimum absolute atomic E-state index is 0.295. The Morgan fingerprint density at radius 1 is 0.958 bits per heavy atom. The lowest BCUT2D eigenvalue weighted by atomic mass is 9.99. The van der Waals surface area contributed by atoms with Crippen molar-refractivity contribution in [1.82, 2.24) is 0 Å². The van der Waals surface area contributed by atoms with Gasteiger partial charge in [0.1, 0.15) is 6.10 Å². The minimum atomic E-state index is -1.22. The summed E-state index contributed by atoms with van der Waals surface area (Å²) in [4.78, 5) is 21.4. The zero-order valence-electron chi connectivity index (χ0n) is 13.7. The van der Waals surface area contributed by atoms with Crippen molar-refractivity contribution in [1.29, 1.82) is 0 Å². The molecule has 2 N–H and O–H groups in total. The first-order valence-electron chi connectivity index (χ1n) is 7.10. The van der Waals surface area contributed by atoms with Gasteiger partial charge in [0.05, 0.1) is 19.8 Å². The number of Topliss-reactive ketones (excluding diaryl/α,β-unsaturated/α-hetero) is 1. The number of carboxylic acid groups (broad SMARTS) is 1. The van der Waals surface area contributed by atoms with Gasteiger partial charge in [-0.05, 0) is 17.7 Å². The van der Waals surface area contributed by atoms with Gasteiger partial charge in [-0.1, -0.05) is 36.4 Å². The smallest absolute Gasteiger partial charge is 0.300 e. The van der Waals surface area contributed by atoms with Gasteiger partial charge < -0.3 is 19.7 Å². The highest BCUT2D eigenvalue weighted by atomic mass is 16.5. The summed E-state index contributed by atoms with van der Waals surface area (Å²) in [6, 6.07) is 13.8. The van der Waals surface area contributed by atoms with Crippen molar-refractivity contribution in [3.8, 4) is 11.5 Å². The number of ketones is 1. The number of aliphatic carboxylic acids is 1. The van der Waals surface area contributed by atoms with Gasteiger partial charge >= 0.3 is 0 Å².